The minimum Gasteiger partial charge on any atom is -0.391 e. The standard InChI is InChI=1S/C12H21N3O2S/c1-4-8(3)9(16)6-14-11(17)10-7-15-12(18-10)13-5-2/h7-9,16H,4-6H2,1-3H3,(H,13,15)(H,14,17). The first-order valence-corrected chi connectivity index (χ1v) is 7.06. The van der Waals surface area contributed by atoms with Gasteiger partial charge in [-0.3, -0.25) is 4.79 Å². The van der Waals surface area contributed by atoms with Crippen molar-refractivity contribution in [2.24, 2.45) is 5.92 Å². The molecule has 1 amide bonds. The van der Waals surface area contributed by atoms with Crippen LogP contribution in [-0.4, -0.2) is 35.2 Å². The van der Waals surface area contributed by atoms with Crippen molar-refractivity contribution in [3.05, 3.63) is 11.1 Å². The molecular weight excluding hydrogens is 250 g/mol. The van der Waals surface area contributed by atoms with Crippen LogP contribution in [0.15, 0.2) is 6.20 Å². The fourth-order valence-corrected chi connectivity index (χ4v) is 2.17. The predicted octanol–water partition coefficient (Wildman–Crippen LogP) is 1.71. The molecule has 0 aromatic carbocycles. The molecule has 0 radical (unpaired) electrons. The number of hydrogen-bond donors (Lipinski definition) is 3. The van der Waals surface area contributed by atoms with Gasteiger partial charge in [0.25, 0.3) is 5.91 Å². The topological polar surface area (TPSA) is 74.2 Å². The lowest BCUT2D eigenvalue weighted by molar-refractivity contribution is 0.0853. The number of thiazole rings is 1. The summed E-state index contributed by atoms with van der Waals surface area (Å²) >= 11 is 1.32. The predicted molar refractivity (Wildman–Crippen MR) is 74.1 cm³/mol. The molecule has 0 fully saturated rings. The van der Waals surface area contributed by atoms with Crippen LogP contribution in [0.1, 0.15) is 36.9 Å². The lowest BCUT2D eigenvalue weighted by Crippen LogP contribution is -2.35. The Kier molecular flexibility index (Phi) is 6.07. The van der Waals surface area contributed by atoms with Crippen molar-refractivity contribution in [2.45, 2.75) is 33.3 Å². The number of aliphatic hydroxyl groups excluding tert-OH is 1. The molecular formula is C12H21N3O2S. The third-order valence-corrected chi connectivity index (χ3v) is 3.78. The highest BCUT2D eigenvalue weighted by atomic mass is 32.1. The molecule has 18 heavy (non-hydrogen) atoms. The number of carbonyl (C=O) groups excluding carboxylic acids is 1. The minimum atomic E-state index is -0.500. The first-order valence-electron chi connectivity index (χ1n) is 6.24. The number of nitrogens with one attached hydrogen (secondary N) is 2. The number of aliphatic hydroxyl groups is 1. The van der Waals surface area contributed by atoms with Crippen molar-refractivity contribution in [1.82, 2.24) is 10.3 Å². The van der Waals surface area contributed by atoms with Gasteiger partial charge in [-0.25, -0.2) is 4.98 Å². The summed E-state index contributed by atoms with van der Waals surface area (Å²) in [5.74, 6) is 0.00286. The summed E-state index contributed by atoms with van der Waals surface area (Å²) in [6.45, 7) is 7.02. The van der Waals surface area contributed by atoms with Crippen molar-refractivity contribution >= 4 is 22.4 Å². The van der Waals surface area contributed by atoms with Gasteiger partial charge in [0.1, 0.15) is 4.88 Å². The summed E-state index contributed by atoms with van der Waals surface area (Å²) in [5.41, 5.74) is 0. The third-order valence-electron chi connectivity index (χ3n) is 2.83. The summed E-state index contributed by atoms with van der Waals surface area (Å²) in [4.78, 5) is 16.4. The lowest BCUT2D eigenvalue weighted by Gasteiger charge is -2.17. The monoisotopic (exact) mass is 271 g/mol. The Balaban J connectivity index is 2.44. The highest BCUT2D eigenvalue weighted by molar-refractivity contribution is 7.17. The van der Waals surface area contributed by atoms with Gasteiger partial charge in [-0.05, 0) is 12.8 Å². The molecule has 2 atom stereocenters. The van der Waals surface area contributed by atoms with Gasteiger partial charge in [0, 0.05) is 13.1 Å². The number of amides is 1. The Morgan fingerprint density at radius 2 is 2.28 bits per heavy atom. The van der Waals surface area contributed by atoms with Gasteiger partial charge >= 0.3 is 0 Å². The Labute approximate surface area is 112 Å². The van der Waals surface area contributed by atoms with E-state index in [2.05, 4.69) is 15.6 Å². The van der Waals surface area contributed by atoms with Crippen molar-refractivity contribution in [3.8, 4) is 0 Å². The van der Waals surface area contributed by atoms with Gasteiger partial charge in [-0.2, -0.15) is 0 Å². The normalized spacial score (nSPS) is 14.0. The van der Waals surface area contributed by atoms with Crippen LogP contribution in [0.5, 0.6) is 0 Å². The number of anilines is 1. The van der Waals surface area contributed by atoms with E-state index in [0.29, 0.717) is 4.88 Å². The van der Waals surface area contributed by atoms with E-state index in [1.54, 1.807) is 6.20 Å². The molecule has 0 aliphatic rings. The summed E-state index contributed by atoms with van der Waals surface area (Å²) < 4.78 is 0. The Morgan fingerprint density at radius 3 is 2.89 bits per heavy atom. The number of rotatable bonds is 7. The fourth-order valence-electron chi connectivity index (χ4n) is 1.37. The average Bonchev–Trinajstić information content (AvgIpc) is 2.83. The van der Waals surface area contributed by atoms with Crippen LogP contribution in [0.3, 0.4) is 0 Å². The van der Waals surface area contributed by atoms with Gasteiger partial charge in [-0.15, -0.1) is 0 Å². The molecule has 0 aliphatic heterocycles. The quantitative estimate of drug-likeness (QED) is 0.706. The lowest BCUT2D eigenvalue weighted by atomic mass is 10.0. The number of hydrogen-bond acceptors (Lipinski definition) is 5. The van der Waals surface area contributed by atoms with Crippen molar-refractivity contribution < 1.29 is 9.90 Å². The summed E-state index contributed by atoms with van der Waals surface area (Å²) in [5, 5.41) is 16.3. The molecule has 0 saturated heterocycles. The number of nitrogens with zero attached hydrogens (tertiary/aromatic N) is 1. The molecule has 3 N–H and O–H groups in total. The maximum absolute atomic E-state index is 11.8. The Hall–Kier alpha value is -1.14. The van der Waals surface area contributed by atoms with E-state index in [9.17, 15) is 9.90 Å². The second-order valence-corrected chi connectivity index (χ2v) is 5.25. The van der Waals surface area contributed by atoms with Crippen LogP contribution in [0.4, 0.5) is 5.13 Å². The molecule has 2 unspecified atom stereocenters. The zero-order chi connectivity index (χ0) is 13.5. The SMILES string of the molecule is CCNc1ncc(C(=O)NCC(O)C(C)CC)s1. The summed E-state index contributed by atoms with van der Waals surface area (Å²) in [6.07, 6.45) is 1.94. The van der Waals surface area contributed by atoms with Crippen molar-refractivity contribution in [1.29, 1.82) is 0 Å². The van der Waals surface area contributed by atoms with Crippen LogP contribution >= 0.6 is 11.3 Å². The van der Waals surface area contributed by atoms with E-state index in [-0.39, 0.29) is 18.4 Å². The van der Waals surface area contributed by atoms with Gasteiger partial charge < -0.3 is 15.7 Å². The molecule has 1 heterocycles. The first kappa shape index (κ1) is 14.9. The number of carbonyl (C=O) groups is 1. The molecule has 102 valence electrons. The molecule has 0 saturated carbocycles. The second kappa shape index (κ2) is 7.33. The van der Waals surface area contributed by atoms with E-state index in [0.717, 1.165) is 18.1 Å². The summed E-state index contributed by atoms with van der Waals surface area (Å²) in [6, 6.07) is 0. The maximum Gasteiger partial charge on any atom is 0.263 e. The zero-order valence-electron chi connectivity index (χ0n) is 11.1. The highest BCUT2D eigenvalue weighted by Gasteiger charge is 2.15. The smallest absolute Gasteiger partial charge is 0.263 e. The molecule has 5 nitrogen and oxygen atoms in total. The molecule has 6 heteroatoms. The molecule has 1 aromatic heterocycles. The Bertz CT molecular complexity index is 381. The molecule has 0 spiro atoms. The van der Waals surface area contributed by atoms with E-state index >= 15 is 0 Å². The van der Waals surface area contributed by atoms with Crippen LogP contribution in [0.2, 0.25) is 0 Å². The van der Waals surface area contributed by atoms with E-state index < -0.39 is 6.10 Å². The second-order valence-electron chi connectivity index (χ2n) is 4.22. The van der Waals surface area contributed by atoms with E-state index in [4.69, 9.17) is 0 Å². The van der Waals surface area contributed by atoms with Crippen LogP contribution in [0.25, 0.3) is 0 Å². The molecule has 0 aliphatic carbocycles. The fraction of sp³-hybridized carbons (Fsp3) is 0.667. The highest BCUT2D eigenvalue weighted by Crippen LogP contribution is 2.17. The van der Waals surface area contributed by atoms with Gasteiger partial charge in [0.15, 0.2) is 5.13 Å². The van der Waals surface area contributed by atoms with Crippen LogP contribution < -0.4 is 10.6 Å². The third kappa shape index (κ3) is 4.27. The number of aromatic nitrogens is 1. The van der Waals surface area contributed by atoms with E-state index in [1.165, 1.54) is 11.3 Å². The van der Waals surface area contributed by atoms with Gasteiger partial charge in [0.2, 0.25) is 0 Å². The molecule has 0 bridgehead atoms. The first-order chi connectivity index (χ1) is 8.58. The van der Waals surface area contributed by atoms with Gasteiger partial charge in [-0.1, -0.05) is 31.6 Å². The minimum absolute atomic E-state index is 0.181. The zero-order valence-corrected chi connectivity index (χ0v) is 11.9. The maximum atomic E-state index is 11.8. The summed E-state index contributed by atoms with van der Waals surface area (Å²) in [7, 11) is 0. The van der Waals surface area contributed by atoms with E-state index in [1.807, 2.05) is 20.8 Å². The van der Waals surface area contributed by atoms with Crippen molar-refractivity contribution in [3.63, 3.8) is 0 Å². The van der Waals surface area contributed by atoms with Crippen molar-refractivity contribution in [2.75, 3.05) is 18.4 Å². The largest absolute Gasteiger partial charge is 0.391 e. The average molecular weight is 271 g/mol. The Morgan fingerprint density at radius 1 is 1.56 bits per heavy atom. The van der Waals surface area contributed by atoms with Crippen LogP contribution in [0, 0.1) is 5.92 Å². The van der Waals surface area contributed by atoms with Gasteiger partial charge in [0.05, 0.1) is 12.3 Å². The van der Waals surface area contributed by atoms with Crippen LogP contribution in [-0.2, 0) is 0 Å². The molecule has 1 rings (SSSR count). The molecule has 1 aromatic rings.